The Bertz CT molecular complexity index is 1300. The second-order valence-electron chi connectivity index (χ2n) is 9.76. The van der Waals surface area contributed by atoms with Gasteiger partial charge in [-0.15, -0.1) is 0 Å². The molecule has 0 bridgehead atoms. The van der Waals surface area contributed by atoms with E-state index in [0.717, 1.165) is 58.6 Å². The van der Waals surface area contributed by atoms with E-state index < -0.39 is 6.10 Å². The second kappa shape index (κ2) is 8.53. The van der Waals surface area contributed by atoms with Crippen LogP contribution in [0.3, 0.4) is 0 Å². The highest BCUT2D eigenvalue weighted by atomic mass is 16.5. The van der Waals surface area contributed by atoms with Crippen LogP contribution in [0.25, 0.3) is 27.9 Å². The number of benzene rings is 2. The molecule has 1 atom stereocenters. The van der Waals surface area contributed by atoms with Crippen molar-refractivity contribution in [2.24, 2.45) is 0 Å². The molecule has 6 heteroatoms. The van der Waals surface area contributed by atoms with Gasteiger partial charge in [-0.1, -0.05) is 30.3 Å². The lowest BCUT2D eigenvalue weighted by Gasteiger charge is -2.24. The van der Waals surface area contributed by atoms with E-state index in [-0.39, 0.29) is 5.60 Å². The van der Waals surface area contributed by atoms with Crippen molar-refractivity contribution in [2.75, 3.05) is 19.6 Å². The lowest BCUT2D eigenvalue weighted by molar-refractivity contribution is 0.126. The van der Waals surface area contributed by atoms with E-state index in [1.54, 1.807) is 6.92 Å². The van der Waals surface area contributed by atoms with E-state index >= 15 is 0 Å². The Kier molecular flexibility index (Phi) is 5.35. The third-order valence-corrected chi connectivity index (χ3v) is 7.08. The molecular formula is C28H30N4O2. The number of aromatic nitrogens is 3. The minimum absolute atomic E-state index is 0.0168. The first-order valence-corrected chi connectivity index (χ1v) is 12.2. The summed E-state index contributed by atoms with van der Waals surface area (Å²) in [6, 6.07) is 16.2. The molecule has 1 saturated carbocycles. The fraction of sp³-hybridized carbons (Fsp3) is 0.357. The minimum Gasteiger partial charge on any atom is -0.486 e. The number of aliphatic hydroxyl groups is 1. The first-order chi connectivity index (χ1) is 16.6. The Balaban J connectivity index is 1.20. The van der Waals surface area contributed by atoms with Gasteiger partial charge in [0.2, 0.25) is 0 Å². The molecule has 3 heterocycles. The SMILES string of the molecule is CC(O)c1cccc(-c2cnn3cc(-c4ccc(OC5(CN6CCCC6)CC5)cc4)cnc23)c1. The van der Waals surface area contributed by atoms with E-state index in [9.17, 15) is 5.11 Å². The normalized spacial score (nSPS) is 18.3. The van der Waals surface area contributed by atoms with Crippen LogP contribution in [0.4, 0.5) is 0 Å². The van der Waals surface area contributed by atoms with E-state index in [1.807, 2.05) is 47.4 Å². The van der Waals surface area contributed by atoms with Crippen molar-refractivity contribution in [1.29, 1.82) is 0 Å². The van der Waals surface area contributed by atoms with Crippen LogP contribution in [0.2, 0.25) is 0 Å². The van der Waals surface area contributed by atoms with Crippen LogP contribution < -0.4 is 4.74 Å². The summed E-state index contributed by atoms with van der Waals surface area (Å²) in [5.41, 5.74) is 5.73. The van der Waals surface area contributed by atoms with Crippen LogP contribution in [-0.4, -0.2) is 49.8 Å². The molecule has 2 fully saturated rings. The number of nitrogens with zero attached hydrogens (tertiary/aromatic N) is 4. The summed E-state index contributed by atoms with van der Waals surface area (Å²) in [7, 11) is 0. The van der Waals surface area contributed by atoms with Gasteiger partial charge in [0.1, 0.15) is 11.4 Å². The van der Waals surface area contributed by atoms with Gasteiger partial charge < -0.3 is 9.84 Å². The number of fused-ring (bicyclic) bond motifs is 1. The Morgan fingerprint density at radius 2 is 1.79 bits per heavy atom. The zero-order valence-corrected chi connectivity index (χ0v) is 19.5. The molecule has 1 aliphatic carbocycles. The zero-order chi connectivity index (χ0) is 23.1. The molecule has 6 nitrogen and oxygen atoms in total. The number of hydrogen-bond donors (Lipinski definition) is 1. The molecule has 4 aromatic rings. The molecular weight excluding hydrogens is 424 g/mol. The fourth-order valence-electron chi connectivity index (χ4n) is 4.94. The van der Waals surface area contributed by atoms with E-state index in [4.69, 9.17) is 9.72 Å². The predicted octanol–water partition coefficient (Wildman–Crippen LogP) is 5.12. The summed E-state index contributed by atoms with van der Waals surface area (Å²) in [6.07, 6.45) is 10.1. The minimum atomic E-state index is -0.511. The first kappa shape index (κ1) is 21.3. The van der Waals surface area contributed by atoms with Crippen LogP contribution >= 0.6 is 0 Å². The summed E-state index contributed by atoms with van der Waals surface area (Å²) in [5.74, 6) is 0.939. The monoisotopic (exact) mass is 454 g/mol. The van der Waals surface area contributed by atoms with Crippen LogP contribution in [0.1, 0.15) is 44.3 Å². The lowest BCUT2D eigenvalue weighted by Crippen LogP contribution is -2.35. The van der Waals surface area contributed by atoms with Crippen molar-refractivity contribution in [3.63, 3.8) is 0 Å². The average Bonchev–Trinajstić information content (AvgIpc) is 3.22. The Labute approximate surface area is 199 Å². The van der Waals surface area contributed by atoms with Gasteiger partial charge in [0.05, 0.1) is 12.3 Å². The number of hydrogen-bond acceptors (Lipinski definition) is 5. The van der Waals surface area contributed by atoms with Gasteiger partial charge in [-0.05, 0) is 80.6 Å². The van der Waals surface area contributed by atoms with Crippen molar-refractivity contribution in [3.05, 3.63) is 72.7 Å². The summed E-state index contributed by atoms with van der Waals surface area (Å²) >= 11 is 0. The Morgan fingerprint density at radius 3 is 2.53 bits per heavy atom. The maximum absolute atomic E-state index is 9.92. The Morgan fingerprint density at radius 1 is 1.00 bits per heavy atom. The average molecular weight is 455 g/mol. The maximum Gasteiger partial charge on any atom is 0.162 e. The van der Waals surface area contributed by atoms with Crippen LogP contribution in [0.5, 0.6) is 5.75 Å². The highest BCUT2D eigenvalue weighted by molar-refractivity contribution is 5.78. The van der Waals surface area contributed by atoms with Gasteiger partial charge in [0, 0.05) is 30.1 Å². The third kappa shape index (κ3) is 4.19. The first-order valence-electron chi connectivity index (χ1n) is 12.2. The molecule has 0 radical (unpaired) electrons. The molecule has 1 saturated heterocycles. The largest absolute Gasteiger partial charge is 0.486 e. The molecule has 2 aliphatic rings. The number of likely N-dealkylation sites (tertiary alicyclic amines) is 1. The van der Waals surface area contributed by atoms with Crippen LogP contribution in [0, 0.1) is 0 Å². The van der Waals surface area contributed by atoms with Gasteiger partial charge in [-0.25, -0.2) is 9.50 Å². The molecule has 2 aromatic heterocycles. The highest BCUT2D eigenvalue weighted by Crippen LogP contribution is 2.42. The summed E-state index contributed by atoms with van der Waals surface area (Å²) in [6.45, 7) is 5.24. The third-order valence-electron chi connectivity index (χ3n) is 7.08. The molecule has 174 valence electrons. The number of ether oxygens (including phenoxy) is 1. The van der Waals surface area contributed by atoms with Gasteiger partial charge >= 0.3 is 0 Å². The van der Waals surface area contributed by atoms with E-state index in [0.29, 0.717) is 0 Å². The molecule has 1 unspecified atom stereocenters. The van der Waals surface area contributed by atoms with E-state index in [2.05, 4.69) is 34.3 Å². The van der Waals surface area contributed by atoms with Crippen molar-refractivity contribution >= 4 is 5.65 Å². The molecule has 0 spiro atoms. The summed E-state index contributed by atoms with van der Waals surface area (Å²) < 4.78 is 8.24. The molecule has 0 amide bonds. The van der Waals surface area contributed by atoms with Crippen LogP contribution in [0.15, 0.2) is 67.1 Å². The molecule has 1 aliphatic heterocycles. The van der Waals surface area contributed by atoms with Crippen molar-refractivity contribution < 1.29 is 9.84 Å². The summed E-state index contributed by atoms with van der Waals surface area (Å²) in [5, 5.41) is 14.5. The topological polar surface area (TPSA) is 62.9 Å². The summed E-state index contributed by atoms with van der Waals surface area (Å²) in [4.78, 5) is 7.26. The Hall–Kier alpha value is -3.22. The lowest BCUT2D eigenvalue weighted by atomic mass is 10.0. The highest BCUT2D eigenvalue weighted by Gasteiger charge is 2.47. The fourth-order valence-corrected chi connectivity index (χ4v) is 4.94. The smallest absolute Gasteiger partial charge is 0.162 e. The molecule has 6 rings (SSSR count). The van der Waals surface area contributed by atoms with Crippen molar-refractivity contribution in [2.45, 2.75) is 44.3 Å². The molecule has 2 aromatic carbocycles. The van der Waals surface area contributed by atoms with E-state index in [1.165, 1.54) is 25.9 Å². The van der Waals surface area contributed by atoms with Gasteiger partial charge in [0.25, 0.3) is 0 Å². The number of rotatable bonds is 7. The zero-order valence-electron chi connectivity index (χ0n) is 19.5. The maximum atomic E-state index is 9.92. The van der Waals surface area contributed by atoms with Gasteiger partial charge in [-0.3, -0.25) is 4.90 Å². The van der Waals surface area contributed by atoms with Crippen LogP contribution in [-0.2, 0) is 0 Å². The molecule has 34 heavy (non-hydrogen) atoms. The molecule has 1 N–H and O–H groups in total. The second-order valence-corrected chi connectivity index (χ2v) is 9.76. The van der Waals surface area contributed by atoms with Gasteiger partial charge in [-0.2, -0.15) is 5.10 Å². The van der Waals surface area contributed by atoms with Crippen molar-refractivity contribution in [1.82, 2.24) is 19.5 Å². The predicted molar refractivity (Wildman–Crippen MR) is 133 cm³/mol. The van der Waals surface area contributed by atoms with Gasteiger partial charge in [0.15, 0.2) is 5.65 Å². The number of aliphatic hydroxyl groups excluding tert-OH is 1. The quantitative estimate of drug-likeness (QED) is 0.420. The van der Waals surface area contributed by atoms with Crippen molar-refractivity contribution in [3.8, 4) is 28.0 Å². The standard InChI is InChI=1S/C28H30N4O2/c1-20(33)22-5-4-6-23(15-22)26-17-30-32-18-24(16-29-27(26)32)21-7-9-25(10-8-21)34-28(11-12-28)19-31-13-2-3-14-31/h4-10,15-18,20,33H,2-3,11-14,19H2,1H3.